The highest BCUT2D eigenvalue weighted by molar-refractivity contribution is 6.40. The minimum atomic E-state index is -0.905. The molecule has 4 heteroatoms. The highest BCUT2D eigenvalue weighted by atomic mass is 16.5. The first kappa shape index (κ1) is 10.2. The Bertz CT molecular complexity index is 357. The molecule has 14 heavy (non-hydrogen) atoms. The van der Waals surface area contributed by atoms with Crippen molar-refractivity contribution in [3.05, 3.63) is 29.8 Å². The molecule has 1 N–H and O–H groups in total. The number of rotatable bonds is 3. The minimum absolute atomic E-state index is 0.0554. The van der Waals surface area contributed by atoms with Crippen LogP contribution in [0.4, 0.5) is 0 Å². The fourth-order valence-electron chi connectivity index (χ4n) is 0.962. The number of hydrogen-bond donors (Lipinski definition) is 1. The number of carbonyl (C=O) groups excluding carboxylic acids is 2. The molecule has 1 rings (SSSR count). The lowest BCUT2D eigenvalue weighted by atomic mass is 10.1. The molecule has 0 amide bonds. The summed E-state index contributed by atoms with van der Waals surface area (Å²) >= 11 is 0. The summed E-state index contributed by atoms with van der Waals surface area (Å²) < 4.78 is 4.53. The summed E-state index contributed by atoms with van der Waals surface area (Å²) in [6.07, 6.45) is 0. The van der Waals surface area contributed by atoms with E-state index in [2.05, 4.69) is 4.74 Å². The van der Waals surface area contributed by atoms with Crippen LogP contribution in [0.1, 0.15) is 17.3 Å². The van der Waals surface area contributed by atoms with E-state index in [9.17, 15) is 9.59 Å². The van der Waals surface area contributed by atoms with Gasteiger partial charge in [0.25, 0.3) is 5.78 Å². The lowest BCUT2D eigenvalue weighted by Crippen LogP contribution is -2.17. The largest absolute Gasteiger partial charge is 0.508 e. The van der Waals surface area contributed by atoms with Crippen molar-refractivity contribution in [2.75, 3.05) is 6.61 Å². The van der Waals surface area contributed by atoms with Crippen LogP contribution in [-0.4, -0.2) is 23.5 Å². The van der Waals surface area contributed by atoms with Gasteiger partial charge in [0.1, 0.15) is 5.75 Å². The second kappa shape index (κ2) is 4.41. The zero-order chi connectivity index (χ0) is 10.6. The third kappa shape index (κ3) is 2.32. The molecule has 0 aliphatic heterocycles. The molecule has 0 fully saturated rings. The van der Waals surface area contributed by atoms with E-state index in [1.165, 1.54) is 24.3 Å². The Kier molecular flexibility index (Phi) is 3.23. The predicted molar refractivity (Wildman–Crippen MR) is 49.1 cm³/mol. The molecule has 0 bridgehead atoms. The summed E-state index contributed by atoms with van der Waals surface area (Å²) in [5.74, 6) is -1.71. The van der Waals surface area contributed by atoms with Crippen molar-refractivity contribution in [2.45, 2.75) is 6.92 Å². The molecule has 0 spiro atoms. The van der Waals surface area contributed by atoms with Gasteiger partial charge in [-0.15, -0.1) is 0 Å². The molecule has 0 atom stereocenters. The van der Waals surface area contributed by atoms with Crippen LogP contribution in [0.25, 0.3) is 0 Å². The van der Waals surface area contributed by atoms with E-state index in [-0.39, 0.29) is 17.9 Å². The Hall–Kier alpha value is -1.84. The van der Waals surface area contributed by atoms with Gasteiger partial charge in [0.2, 0.25) is 0 Å². The van der Waals surface area contributed by atoms with Gasteiger partial charge in [-0.1, -0.05) is 12.1 Å². The summed E-state index contributed by atoms with van der Waals surface area (Å²) in [4.78, 5) is 22.3. The van der Waals surface area contributed by atoms with E-state index in [1.54, 1.807) is 6.92 Å². The lowest BCUT2D eigenvalue weighted by Gasteiger charge is -2.00. The summed E-state index contributed by atoms with van der Waals surface area (Å²) in [6, 6.07) is 5.57. The molecular weight excluding hydrogens is 184 g/mol. The maximum absolute atomic E-state index is 11.3. The molecule has 1 aromatic carbocycles. The van der Waals surface area contributed by atoms with Crippen molar-refractivity contribution in [3.8, 4) is 5.75 Å². The Balaban J connectivity index is 2.84. The third-order valence-electron chi connectivity index (χ3n) is 1.57. The maximum atomic E-state index is 11.3. The number of benzene rings is 1. The van der Waals surface area contributed by atoms with Crippen LogP contribution in [0.2, 0.25) is 0 Å². The maximum Gasteiger partial charge on any atom is 0.379 e. The molecule has 0 aliphatic carbocycles. The monoisotopic (exact) mass is 194 g/mol. The molecular formula is C10H10O4. The van der Waals surface area contributed by atoms with Gasteiger partial charge < -0.3 is 9.84 Å². The van der Waals surface area contributed by atoms with Gasteiger partial charge in [-0.3, -0.25) is 4.79 Å². The van der Waals surface area contributed by atoms with E-state index in [1.807, 2.05) is 0 Å². The fourth-order valence-corrected chi connectivity index (χ4v) is 0.962. The summed E-state index contributed by atoms with van der Waals surface area (Å²) in [7, 11) is 0. The molecule has 0 heterocycles. The molecule has 0 aromatic heterocycles. The number of ketones is 1. The Morgan fingerprint density at radius 2 is 2.14 bits per heavy atom. The first-order valence-corrected chi connectivity index (χ1v) is 4.15. The second-order valence-electron chi connectivity index (χ2n) is 2.60. The number of ether oxygens (including phenoxy) is 1. The molecule has 1 aromatic rings. The van der Waals surface area contributed by atoms with Crippen molar-refractivity contribution in [1.82, 2.24) is 0 Å². The quantitative estimate of drug-likeness (QED) is 0.445. The average Bonchev–Trinajstić information content (AvgIpc) is 2.17. The molecule has 0 saturated heterocycles. The van der Waals surface area contributed by atoms with Crippen LogP contribution in [0, 0.1) is 0 Å². The van der Waals surface area contributed by atoms with Crippen molar-refractivity contribution in [3.63, 3.8) is 0 Å². The van der Waals surface area contributed by atoms with Gasteiger partial charge in [0, 0.05) is 5.56 Å². The third-order valence-corrected chi connectivity index (χ3v) is 1.57. The van der Waals surface area contributed by atoms with Crippen LogP contribution in [0.3, 0.4) is 0 Å². The van der Waals surface area contributed by atoms with Crippen LogP contribution in [0.5, 0.6) is 5.75 Å². The Morgan fingerprint density at radius 1 is 1.43 bits per heavy atom. The van der Waals surface area contributed by atoms with E-state index in [0.29, 0.717) is 0 Å². The van der Waals surface area contributed by atoms with Gasteiger partial charge in [-0.25, -0.2) is 4.79 Å². The van der Waals surface area contributed by atoms with Gasteiger partial charge in [-0.2, -0.15) is 0 Å². The van der Waals surface area contributed by atoms with E-state index >= 15 is 0 Å². The summed E-state index contributed by atoms with van der Waals surface area (Å²) in [6.45, 7) is 1.77. The van der Waals surface area contributed by atoms with E-state index < -0.39 is 11.8 Å². The number of esters is 1. The van der Waals surface area contributed by atoms with Gasteiger partial charge in [-0.05, 0) is 19.1 Å². The topological polar surface area (TPSA) is 63.6 Å². The normalized spacial score (nSPS) is 9.50. The van der Waals surface area contributed by atoms with Crippen LogP contribution in [0.15, 0.2) is 24.3 Å². The molecule has 74 valence electrons. The zero-order valence-electron chi connectivity index (χ0n) is 7.69. The number of phenolic OH excluding ortho intramolecular Hbond substituents is 1. The Labute approximate surface area is 81.1 Å². The Morgan fingerprint density at radius 3 is 2.71 bits per heavy atom. The number of aromatic hydroxyl groups is 1. The van der Waals surface area contributed by atoms with Gasteiger partial charge >= 0.3 is 5.97 Å². The molecule has 0 saturated carbocycles. The molecule has 4 nitrogen and oxygen atoms in total. The predicted octanol–water partition coefficient (Wildman–Crippen LogP) is 1.14. The highest BCUT2D eigenvalue weighted by Crippen LogP contribution is 2.11. The SMILES string of the molecule is CCOC(=O)C(=O)c1cccc(O)c1. The van der Waals surface area contributed by atoms with Gasteiger partial charge in [0.15, 0.2) is 0 Å². The molecule has 0 radical (unpaired) electrons. The van der Waals surface area contributed by atoms with Crippen LogP contribution < -0.4 is 0 Å². The number of carbonyl (C=O) groups is 2. The summed E-state index contributed by atoms with van der Waals surface area (Å²) in [5, 5.41) is 9.07. The van der Waals surface area contributed by atoms with Crippen molar-refractivity contribution in [1.29, 1.82) is 0 Å². The number of phenols is 1. The van der Waals surface area contributed by atoms with E-state index in [4.69, 9.17) is 5.11 Å². The summed E-state index contributed by atoms with van der Waals surface area (Å²) in [5.41, 5.74) is 0.128. The molecule has 0 aliphatic rings. The first-order valence-electron chi connectivity index (χ1n) is 4.15. The minimum Gasteiger partial charge on any atom is -0.508 e. The fraction of sp³-hybridized carbons (Fsp3) is 0.200. The smallest absolute Gasteiger partial charge is 0.379 e. The second-order valence-corrected chi connectivity index (χ2v) is 2.60. The standard InChI is InChI=1S/C10H10O4/c1-2-14-10(13)9(12)7-4-3-5-8(11)6-7/h3-6,11H,2H2,1H3. The van der Waals surface area contributed by atoms with Crippen molar-refractivity contribution < 1.29 is 19.4 Å². The van der Waals surface area contributed by atoms with E-state index in [0.717, 1.165) is 0 Å². The molecule has 0 unspecified atom stereocenters. The van der Waals surface area contributed by atoms with Crippen molar-refractivity contribution >= 4 is 11.8 Å². The highest BCUT2D eigenvalue weighted by Gasteiger charge is 2.17. The van der Waals surface area contributed by atoms with Crippen LogP contribution >= 0.6 is 0 Å². The first-order chi connectivity index (χ1) is 6.65. The number of Topliss-reactive ketones (excluding diaryl/α,β-unsaturated/α-hetero) is 1. The zero-order valence-corrected chi connectivity index (χ0v) is 7.69. The number of hydrogen-bond acceptors (Lipinski definition) is 4. The lowest BCUT2D eigenvalue weighted by molar-refractivity contribution is -0.137. The van der Waals surface area contributed by atoms with Gasteiger partial charge in [0.05, 0.1) is 6.61 Å². The average molecular weight is 194 g/mol. The van der Waals surface area contributed by atoms with Crippen molar-refractivity contribution in [2.24, 2.45) is 0 Å². The van der Waals surface area contributed by atoms with Crippen LogP contribution in [-0.2, 0) is 9.53 Å².